The molecule has 2 heterocycles. The molecule has 1 N–H and O–H groups in total. The van der Waals surface area contributed by atoms with Gasteiger partial charge in [0.15, 0.2) is 0 Å². The fourth-order valence-electron chi connectivity index (χ4n) is 2.47. The molecule has 0 radical (unpaired) electrons. The molecule has 0 saturated carbocycles. The van der Waals surface area contributed by atoms with E-state index in [1.165, 1.54) is 38.9 Å². The van der Waals surface area contributed by atoms with Gasteiger partial charge in [0.25, 0.3) is 0 Å². The maximum absolute atomic E-state index is 4.45. The van der Waals surface area contributed by atoms with E-state index in [4.69, 9.17) is 0 Å². The van der Waals surface area contributed by atoms with Crippen LogP contribution in [0.5, 0.6) is 0 Å². The van der Waals surface area contributed by atoms with Crippen molar-refractivity contribution in [2.24, 2.45) is 0 Å². The fraction of sp³-hybridized carbons (Fsp3) is 0.643. The minimum Gasteiger partial charge on any atom is -0.308 e. The third-order valence-corrected chi connectivity index (χ3v) is 3.91. The molecule has 1 aromatic rings. The van der Waals surface area contributed by atoms with Gasteiger partial charge in [-0.2, -0.15) is 0 Å². The molecule has 100 valence electrons. The van der Waals surface area contributed by atoms with Gasteiger partial charge in [-0.3, -0.25) is 0 Å². The minimum absolute atomic E-state index is 0.652. The van der Waals surface area contributed by atoms with Crippen molar-refractivity contribution in [1.82, 2.24) is 15.2 Å². The maximum atomic E-state index is 4.45. The van der Waals surface area contributed by atoms with E-state index in [1.54, 1.807) is 0 Å². The van der Waals surface area contributed by atoms with Gasteiger partial charge >= 0.3 is 0 Å². The second kappa shape index (κ2) is 7.22. The van der Waals surface area contributed by atoms with Crippen LogP contribution in [0.2, 0.25) is 0 Å². The zero-order chi connectivity index (χ0) is 12.8. The SMILES string of the molecule is CCCN1CCC(NCc2cccc(Br)n2)CC1. The number of halogens is 1. The lowest BCUT2D eigenvalue weighted by Crippen LogP contribution is -2.42. The van der Waals surface area contributed by atoms with Gasteiger partial charge in [0, 0.05) is 12.6 Å². The molecule has 1 fully saturated rings. The van der Waals surface area contributed by atoms with E-state index in [0.717, 1.165) is 16.8 Å². The van der Waals surface area contributed by atoms with Crippen molar-refractivity contribution in [3.63, 3.8) is 0 Å². The van der Waals surface area contributed by atoms with Gasteiger partial charge < -0.3 is 10.2 Å². The van der Waals surface area contributed by atoms with E-state index < -0.39 is 0 Å². The number of hydrogen-bond donors (Lipinski definition) is 1. The summed E-state index contributed by atoms with van der Waals surface area (Å²) in [6, 6.07) is 6.73. The van der Waals surface area contributed by atoms with Gasteiger partial charge in [0.05, 0.1) is 5.69 Å². The molecule has 3 nitrogen and oxygen atoms in total. The van der Waals surface area contributed by atoms with E-state index in [1.807, 2.05) is 12.1 Å². The Bertz CT molecular complexity index is 362. The molecule has 0 bridgehead atoms. The molecular weight excluding hydrogens is 290 g/mol. The molecule has 0 atom stereocenters. The van der Waals surface area contributed by atoms with Gasteiger partial charge in [-0.15, -0.1) is 0 Å². The first-order chi connectivity index (χ1) is 8.78. The average molecular weight is 312 g/mol. The Morgan fingerprint density at radius 1 is 1.39 bits per heavy atom. The van der Waals surface area contributed by atoms with Crippen molar-refractivity contribution < 1.29 is 0 Å². The number of hydrogen-bond acceptors (Lipinski definition) is 3. The summed E-state index contributed by atoms with van der Waals surface area (Å²) >= 11 is 3.41. The maximum Gasteiger partial charge on any atom is 0.106 e. The second-order valence-electron chi connectivity index (χ2n) is 4.95. The largest absolute Gasteiger partial charge is 0.308 e. The highest BCUT2D eigenvalue weighted by atomic mass is 79.9. The fourth-order valence-corrected chi connectivity index (χ4v) is 2.85. The van der Waals surface area contributed by atoms with Gasteiger partial charge in [-0.25, -0.2) is 4.98 Å². The Morgan fingerprint density at radius 2 is 2.17 bits per heavy atom. The van der Waals surface area contributed by atoms with Crippen LogP contribution in [0.4, 0.5) is 0 Å². The Morgan fingerprint density at radius 3 is 2.83 bits per heavy atom. The van der Waals surface area contributed by atoms with Crippen molar-refractivity contribution in [2.45, 2.75) is 38.8 Å². The molecule has 4 heteroatoms. The van der Waals surface area contributed by atoms with Gasteiger partial charge in [0.1, 0.15) is 4.60 Å². The lowest BCUT2D eigenvalue weighted by atomic mass is 10.0. The second-order valence-corrected chi connectivity index (χ2v) is 5.76. The van der Waals surface area contributed by atoms with Crippen LogP contribution >= 0.6 is 15.9 Å². The van der Waals surface area contributed by atoms with Gasteiger partial charge in [-0.1, -0.05) is 13.0 Å². The summed E-state index contributed by atoms with van der Waals surface area (Å²) in [5.74, 6) is 0. The number of rotatable bonds is 5. The third-order valence-electron chi connectivity index (χ3n) is 3.47. The Labute approximate surface area is 118 Å². The molecule has 0 aliphatic carbocycles. The van der Waals surface area contributed by atoms with E-state index in [0.29, 0.717) is 6.04 Å². The van der Waals surface area contributed by atoms with Crippen LogP contribution in [0.25, 0.3) is 0 Å². The summed E-state index contributed by atoms with van der Waals surface area (Å²) in [6.45, 7) is 6.84. The van der Waals surface area contributed by atoms with Crippen LogP contribution in [0, 0.1) is 0 Å². The van der Waals surface area contributed by atoms with E-state index >= 15 is 0 Å². The first kappa shape index (κ1) is 14.0. The Hall–Kier alpha value is -0.450. The molecule has 0 aromatic carbocycles. The summed E-state index contributed by atoms with van der Waals surface area (Å²) in [5, 5.41) is 3.62. The number of pyridine rings is 1. The van der Waals surface area contributed by atoms with Crippen LogP contribution in [0.15, 0.2) is 22.8 Å². The van der Waals surface area contributed by atoms with Crippen LogP contribution < -0.4 is 5.32 Å². The van der Waals surface area contributed by atoms with Crippen LogP contribution in [-0.2, 0) is 6.54 Å². The summed E-state index contributed by atoms with van der Waals surface area (Å²) in [5.41, 5.74) is 1.11. The standard InChI is InChI=1S/C14H22BrN3/c1-2-8-18-9-6-12(7-10-18)16-11-13-4-3-5-14(15)17-13/h3-5,12,16H,2,6-11H2,1H3. The quantitative estimate of drug-likeness (QED) is 0.848. The smallest absolute Gasteiger partial charge is 0.106 e. The highest BCUT2D eigenvalue weighted by Gasteiger charge is 2.17. The van der Waals surface area contributed by atoms with Crippen molar-refractivity contribution in [3.8, 4) is 0 Å². The Balaban J connectivity index is 1.72. The molecular formula is C14H22BrN3. The molecule has 1 aliphatic heterocycles. The van der Waals surface area contributed by atoms with Gasteiger partial charge in [0.2, 0.25) is 0 Å². The van der Waals surface area contributed by atoms with Crippen LogP contribution in [0.3, 0.4) is 0 Å². The molecule has 0 amide bonds. The highest BCUT2D eigenvalue weighted by molar-refractivity contribution is 9.10. The summed E-state index contributed by atoms with van der Waals surface area (Å²) in [4.78, 5) is 7.01. The van der Waals surface area contributed by atoms with Crippen LogP contribution in [0.1, 0.15) is 31.9 Å². The zero-order valence-corrected chi connectivity index (χ0v) is 12.6. The first-order valence-electron chi connectivity index (χ1n) is 6.85. The minimum atomic E-state index is 0.652. The summed E-state index contributed by atoms with van der Waals surface area (Å²) in [6.07, 6.45) is 3.78. The molecule has 18 heavy (non-hydrogen) atoms. The number of aromatic nitrogens is 1. The monoisotopic (exact) mass is 311 g/mol. The number of piperidine rings is 1. The average Bonchev–Trinajstić information content (AvgIpc) is 2.38. The lowest BCUT2D eigenvalue weighted by molar-refractivity contribution is 0.197. The van der Waals surface area contributed by atoms with Crippen molar-refractivity contribution >= 4 is 15.9 Å². The number of nitrogens with zero attached hydrogens (tertiary/aromatic N) is 2. The normalized spacial score (nSPS) is 18.1. The molecule has 0 spiro atoms. The van der Waals surface area contributed by atoms with E-state index in [2.05, 4.69) is 44.1 Å². The molecule has 1 aromatic heterocycles. The van der Waals surface area contributed by atoms with Crippen LogP contribution in [-0.4, -0.2) is 35.6 Å². The number of likely N-dealkylation sites (tertiary alicyclic amines) is 1. The van der Waals surface area contributed by atoms with Crippen molar-refractivity contribution in [3.05, 3.63) is 28.5 Å². The molecule has 2 rings (SSSR count). The third kappa shape index (κ3) is 4.34. The van der Waals surface area contributed by atoms with E-state index in [9.17, 15) is 0 Å². The summed E-state index contributed by atoms with van der Waals surface area (Å²) in [7, 11) is 0. The van der Waals surface area contributed by atoms with Crippen molar-refractivity contribution in [2.75, 3.05) is 19.6 Å². The van der Waals surface area contributed by atoms with Crippen molar-refractivity contribution in [1.29, 1.82) is 0 Å². The number of nitrogens with one attached hydrogen (secondary N) is 1. The predicted molar refractivity (Wildman–Crippen MR) is 78.5 cm³/mol. The zero-order valence-electron chi connectivity index (χ0n) is 11.0. The Kier molecular flexibility index (Phi) is 5.60. The van der Waals surface area contributed by atoms with Gasteiger partial charge in [-0.05, 0) is 67.0 Å². The topological polar surface area (TPSA) is 28.2 Å². The molecule has 0 unspecified atom stereocenters. The molecule has 1 saturated heterocycles. The summed E-state index contributed by atoms with van der Waals surface area (Å²) < 4.78 is 0.916. The lowest BCUT2D eigenvalue weighted by Gasteiger charge is -2.32. The first-order valence-corrected chi connectivity index (χ1v) is 7.64. The van der Waals surface area contributed by atoms with E-state index in [-0.39, 0.29) is 0 Å². The molecule has 1 aliphatic rings. The predicted octanol–water partition coefficient (Wildman–Crippen LogP) is 2.81. The highest BCUT2D eigenvalue weighted by Crippen LogP contribution is 2.12.